The molecule has 6 heteroatoms. The zero-order chi connectivity index (χ0) is 16.8. The molecule has 0 aliphatic rings. The van der Waals surface area contributed by atoms with E-state index in [1.807, 2.05) is 24.3 Å². The number of thiazole rings is 1. The van der Waals surface area contributed by atoms with E-state index in [2.05, 4.69) is 11.6 Å². The first-order chi connectivity index (χ1) is 11.0. The van der Waals surface area contributed by atoms with Crippen LogP contribution in [0.1, 0.15) is 28.5 Å². The quantitative estimate of drug-likeness (QED) is 0.764. The van der Waals surface area contributed by atoms with Gasteiger partial charge in [0.25, 0.3) is 5.91 Å². The van der Waals surface area contributed by atoms with Gasteiger partial charge in [-0.3, -0.25) is 4.79 Å². The Labute approximate surface area is 139 Å². The molecule has 1 unspecified atom stereocenters. The molecule has 1 atom stereocenters. The Hall–Kier alpha value is -2.02. The molecule has 5 nitrogen and oxygen atoms in total. The van der Waals surface area contributed by atoms with Gasteiger partial charge >= 0.3 is 0 Å². The Morgan fingerprint density at radius 1 is 1.43 bits per heavy atom. The molecule has 23 heavy (non-hydrogen) atoms. The highest BCUT2D eigenvalue weighted by Crippen LogP contribution is 2.24. The lowest BCUT2D eigenvalue weighted by molar-refractivity contribution is -0.114. The van der Waals surface area contributed by atoms with Gasteiger partial charge in [-0.05, 0) is 37.1 Å². The van der Waals surface area contributed by atoms with E-state index in [9.17, 15) is 9.90 Å². The van der Waals surface area contributed by atoms with Gasteiger partial charge in [-0.2, -0.15) is 0 Å². The maximum atomic E-state index is 12.2. The second-order valence-corrected chi connectivity index (χ2v) is 6.26. The molecule has 0 aliphatic heterocycles. The molecule has 2 rings (SSSR count). The summed E-state index contributed by atoms with van der Waals surface area (Å²) in [7, 11) is 0. The number of anilines is 1. The summed E-state index contributed by atoms with van der Waals surface area (Å²) in [6.07, 6.45) is 2.92. The number of carbonyl (C=O) groups is 1. The summed E-state index contributed by atoms with van der Waals surface area (Å²) < 4.78 is 0. The Kier molecular flexibility index (Phi) is 6.04. The van der Waals surface area contributed by atoms with Crippen LogP contribution in [0.3, 0.4) is 0 Å². The summed E-state index contributed by atoms with van der Waals surface area (Å²) in [6.45, 7) is 5.68. The number of hydrogen-bond donors (Lipinski definition) is 2. The number of amides is 1. The van der Waals surface area contributed by atoms with Crippen molar-refractivity contribution in [2.24, 2.45) is 0 Å². The summed E-state index contributed by atoms with van der Waals surface area (Å²) in [5, 5.41) is 19.1. The third-order valence-electron chi connectivity index (χ3n) is 3.33. The number of aliphatic hydroxyl groups is 2. The summed E-state index contributed by atoms with van der Waals surface area (Å²) in [4.78, 5) is 18.8. The molecule has 2 N–H and O–H groups in total. The number of aliphatic hydroxyl groups excluding tert-OH is 2. The molecule has 1 heterocycles. The van der Waals surface area contributed by atoms with Gasteiger partial charge in [0.05, 0.1) is 6.54 Å². The Morgan fingerprint density at radius 2 is 2.13 bits per heavy atom. The second kappa shape index (κ2) is 8.01. The van der Waals surface area contributed by atoms with Crippen molar-refractivity contribution >= 4 is 22.9 Å². The number of hydrogen-bond acceptors (Lipinski definition) is 5. The minimum atomic E-state index is -0.616. The first-order valence-electron chi connectivity index (χ1n) is 7.31. The van der Waals surface area contributed by atoms with E-state index in [4.69, 9.17) is 5.11 Å². The molecule has 0 saturated heterocycles. The van der Waals surface area contributed by atoms with Gasteiger partial charge in [0.1, 0.15) is 11.1 Å². The molecular weight excluding hydrogens is 312 g/mol. The van der Waals surface area contributed by atoms with Crippen LogP contribution in [0.15, 0.2) is 43.1 Å². The minimum Gasteiger partial charge on any atom is -0.396 e. The van der Waals surface area contributed by atoms with Crippen LogP contribution in [-0.4, -0.2) is 27.7 Å². The van der Waals surface area contributed by atoms with E-state index in [0.717, 1.165) is 16.1 Å². The fourth-order valence-electron chi connectivity index (χ4n) is 2.12. The van der Waals surface area contributed by atoms with Crippen molar-refractivity contribution < 1.29 is 15.0 Å². The molecule has 1 aromatic carbocycles. The largest absolute Gasteiger partial charge is 0.396 e. The standard InChI is InChI=1S/C17H20N2O3S/c1-3-16(22)19(11-15-10-18-17(23-15)12(2)21)14-6-4-13(5-7-14)8-9-20/h3-7,10,12,20-21H,1,8-9,11H2,2H3. The molecule has 0 spiro atoms. The van der Waals surface area contributed by atoms with E-state index in [-0.39, 0.29) is 12.5 Å². The molecule has 2 aromatic rings. The fraction of sp³-hybridized carbons (Fsp3) is 0.294. The van der Waals surface area contributed by atoms with Crippen molar-refractivity contribution in [2.45, 2.75) is 26.0 Å². The smallest absolute Gasteiger partial charge is 0.250 e. The highest BCUT2D eigenvalue weighted by molar-refractivity contribution is 7.11. The Balaban J connectivity index is 2.22. The molecule has 0 fully saturated rings. The Bertz CT molecular complexity index is 665. The van der Waals surface area contributed by atoms with Crippen molar-refractivity contribution in [2.75, 3.05) is 11.5 Å². The third kappa shape index (κ3) is 4.48. The second-order valence-electron chi connectivity index (χ2n) is 5.11. The van der Waals surface area contributed by atoms with E-state index >= 15 is 0 Å². The lowest BCUT2D eigenvalue weighted by Crippen LogP contribution is -2.28. The lowest BCUT2D eigenvalue weighted by atomic mass is 10.1. The number of benzene rings is 1. The van der Waals surface area contributed by atoms with E-state index in [1.165, 1.54) is 17.4 Å². The third-order valence-corrected chi connectivity index (χ3v) is 4.48. The summed E-state index contributed by atoms with van der Waals surface area (Å²) in [6, 6.07) is 7.48. The zero-order valence-electron chi connectivity index (χ0n) is 13.0. The molecule has 122 valence electrons. The summed E-state index contributed by atoms with van der Waals surface area (Å²) in [5.74, 6) is -0.202. The molecule has 0 saturated carbocycles. The van der Waals surface area contributed by atoms with Crippen molar-refractivity contribution in [3.8, 4) is 0 Å². The van der Waals surface area contributed by atoms with Crippen LogP contribution < -0.4 is 4.90 Å². The Morgan fingerprint density at radius 3 is 2.65 bits per heavy atom. The molecule has 1 aromatic heterocycles. The van der Waals surface area contributed by atoms with E-state index in [0.29, 0.717) is 18.0 Å². The normalized spacial score (nSPS) is 12.0. The predicted molar refractivity (Wildman–Crippen MR) is 91.4 cm³/mol. The van der Waals surface area contributed by atoms with Crippen molar-refractivity contribution in [3.63, 3.8) is 0 Å². The molecule has 0 aliphatic carbocycles. The van der Waals surface area contributed by atoms with Crippen LogP contribution in [-0.2, 0) is 17.8 Å². The molecule has 0 radical (unpaired) electrons. The molecular formula is C17H20N2O3S. The average Bonchev–Trinajstić information content (AvgIpc) is 3.02. The monoisotopic (exact) mass is 332 g/mol. The van der Waals surface area contributed by atoms with Gasteiger partial charge < -0.3 is 15.1 Å². The van der Waals surface area contributed by atoms with Crippen LogP contribution in [0.5, 0.6) is 0 Å². The van der Waals surface area contributed by atoms with Crippen molar-refractivity contribution in [1.82, 2.24) is 4.98 Å². The highest BCUT2D eigenvalue weighted by atomic mass is 32.1. The molecule has 1 amide bonds. The van der Waals surface area contributed by atoms with Gasteiger partial charge in [-0.15, -0.1) is 11.3 Å². The van der Waals surface area contributed by atoms with Crippen LogP contribution >= 0.6 is 11.3 Å². The van der Waals surface area contributed by atoms with Gasteiger partial charge in [0, 0.05) is 23.4 Å². The first kappa shape index (κ1) is 17.3. The van der Waals surface area contributed by atoms with Crippen LogP contribution in [0, 0.1) is 0 Å². The number of aromatic nitrogens is 1. The number of carbonyl (C=O) groups excluding carboxylic acids is 1. The average molecular weight is 332 g/mol. The topological polar surface area (TPSA) is 73.7 Å². The maximum Gasteiger partial charge on any atom is 0.250 e. The van der Waals surface area contributed by atoms with E-state index in [1.54, 1.807) is 18.0 Å². The predicted octanol–water partition coefficient (Wildman–Crippen LogP) is 2.45. The van der Waals surface area contributed by atoms with Crippen LogP contribution in [0.2, 0.25) is 0 Å². The van der Waals surface area contributed by atoms with Gasteiger partial charge in [0.15, 0.2) is 0 Å². The number of nitrogens with zero attached hydrogens (tertiary/aromatic N) is 2. The highest BCUT2D eigenvalue weighted by Gasteiger charge is 2.16. The minimum absolute atomic E-state index is 0.0949. The van der Waals surface area contributed by atoms with Crippen LogP contribution in [0.4, 0.5) is 5.69 Å². The van der Waals surface area contributed by atoms with E-state index < -0.39 is 6.10 Å². The van der Waals surface area contributed by atoms with Gasteiger partial charge in [0.2, 0.25) is 0 Å². The van der Waals surface area contributed by atoms with Crippen LogP contribution in [0.25, 0.3) is 0 Å². The van der Waals surface area contributed by atoms with Gasteiger partial charge in [-0.1, -0.05) is 18.7 Å². The first-order valence-corrected chi connectivity index (χ1v) is 8.13. The lowest BCUT2D eigenvalue weighted by Gasteiger charge is -2.20. The zero-order valence-corrected chi connectivity index (χ0v) is 13.8. The summed E-state index contributed by atoms with van der Waals surface area (Å²) >= 11 is 1.38. The maximum absolute atomic E-state index is 12.2. The van der Waals surface area contributed by atoms with Crippen molar-refractivity contribution in [1.29, 1.82) is 0 Å². The van der Waals surface area contributed by atoms with Gasteiger partial charge in [-0.25, -0.2) is 4.98 Å². The fourth-order valence-corrected chi connectivity index (χ4v) is 2.97. The molecule has 0 bridgehead atoms. The SMILES string of the molecule is C=CC(=O)N(Cc1cnc(C(C)O)s1)c1ccc(CCO)cc1. The number of rotatable bonds is 7. The van der Waals surface area contributed by atoms with Crippen molar-refractivity contribution in [3.05, 3.63) is 58.6 Å². The summed E-state index contributed by atoms with van der Waals surface area (Å²) in [5.41, 5.74) is 1.76.